The van der Waals surface area contributed by atoms with Crippen LogP contribution in [0, 0.1) is 11.8 Å². The van der Waals surface area contributed by atoms with Gasteiger partial charge in [-0.15, -0.1) is 11.8 Å². The topological polar surface area (TPSA) is 17.1 Å². The summed E-state index contributed by atoms with van der Waals surface area (Å²) >= 11 is 1.55. The number of carbonyl (C=O) groups is 1. The minimum absolute atomic E-state index is 0.142. The highest BCUT2D eigenvalue weighted by atomic mass is 32.2. The summed E-state index contributed by atoms with van der Waals surface area (Å²) < 4.78 is 0. The molecule has 0 aliphatic heterocycles. The Bertz CT molecular complexity index is 382. The van der Waals surface area contributed by atoms with Crippen LogP contribution in [0.2, 0.25) is 0 Å². The molecule has 0 heterocycles. The van der Waals surface area contributed by atoms with E-state index in [1.165, 1.54) is 0 Å². The molecule has 1 nitrogen and oxygen atoms in total. The van der Waals surface area contributed by atoms with Crippen LogP contribution in [-0.4, -0.2) is 12.0 Å². The standard InChI is InChI=1S/C12H10OS/c1-14-10-6-5-9-12(13)11-7-3-2-4-8-11/h2-4,6-8,10H,1H3/b10-6+. The van der Waals surface area contributed by atoms with Crippen molar-refractivity contribution in [1.29, 1.82) is 0 Å². The van der Waals surface area contributed by atoms with E-state index in [0.29, 0.717) is 5.56 Å². The van der Waals surface area contributed by atoms with Gasteiger partial charge in [-0.3, -0.25) is 4.79 Å². The smallest absolute Gasteiger partial charge is 0.236 e. The number of carbonyl (C=O) groups excluding carboxylic acids is 1. The molecule has 0 aliphatic rings. The van der Waals surface area contributed by atoms with Gasteiger partial charge in [-0.05, 0) is 23.7 Å². The van der Waals surface area contributed by atoms with E-state index in [0.717, 1.165) is 0 Å². The third kappa shape index (κ3) is 3.51. The highest BCUT2D eigenvalue weighted by molar-refractivity contribution is 8.01. The second kappa shape index (κ2) is 6.06. The maximum Gasteiger partial charge on any atom is 0.236 e. The number of Topliss-reactive ketones (excluding diaryl/α,β-unsaturated/α-hetero) is 1. The van der Waals surface area contributed by atoms with Gasteiger partial charge in [0.25, 0.3) is 0 Å². The molecule has 0 unspecified atom stereocenters. The number of thioether (sulfide) groups is 1. The van der Waals surface area contributed by atoms with Crippen LogP contribution < -0.4 is 0 Å². The zero-order valence-electron chi connectivity index (χ0n) is 7.86. The molecule has 1 aromatic carbocycles. The maximum absolute atomic E-state index is 11.4. The van der Waals surface area contributed by atoms with Crippen molar-refractivity contribution in [3.63, 3.8) is 0 Å². The molecule has 0 saturated carbocycles. The first kappa shape index (κ1) is 10.6. The molecular weight excluding hydrogens is 192 g/mol. The summed E-state index contributed by atoms with van der Waals surface area (Å²) in [7, 11) is 0. The summed E-state index contributed by atoms with van der Waals surface area (Å²) in [6, 6.07) is 9.04. The van der Waals surface area contributed by atoms with Crippen LogP contribution in [0.1, 0.15) is 10.4 Å². The van der Waals surface area contributed by atoms with Crippen molar-refractivity contribution in [3.05, 3.63) is 47.4 Å². The molecule has 0 aromatic heterocycles. The van der Waals surface area contributed by atoms with Crippen molar-refractivity contribution < 1.29 is 4.79 Å². The molecule has 1 rings (SSSR count). The second-order valence-electron chi connectivity index (χ2n) is 2.50. The quantitative estimate of drug-likeness (QED) is 0.417. The molecule has 2 heteroatoms. The molecule has 0 bridgehead atoms. The number of benzene rings is 1. The number of rotatable bonds is 2. The summed E-state index contributed by atoms with van der Waals surface area (Å²) in [5.41, 5.74) is 0.637. The van der Waals surface area contributed by atoms with E-state index in [-0.39, 0.29) is 5.78 Å². The van der Waals surface area contributed by atoms with Gasteiger partial charge in [0.15, 0.2) is 0 Å². The monoisotopic (exact) mass is 202 g/mol. The van der Waals surface area contributed by atoms with Crippen molar-refractivity contribution in [1.82, 2.24) is 0 Å². The van der Waals surface area contributed by atoms with Gasteiger partial charge in [-0.1, -0.05) is 36.3 Å². The van der Waals surface area contributed by atoms with Gasteiger partial charge >= 0.3 is 0 Å². The fourth-order valence-corrected chi connectivity index (χ4v) is 1.08. The second-order valence-corrected chi connectivity index (χ2v) is 3.25. The average Bonchev–Trinajstić information content (AvgIpc) is 2.25. The van der Waals surface area contributed by atoms with Crippen LogP contribution in [0.4, 0.5) is 0 Å². The SMILES string of the molecule is CS/C=C/C#CC(=O)c1ccccc1. The normalized spacial score (nSPS) is 9.50. The van der Waals surface area contributed by atoms with Crippen LogP contribution >= 0.6 is 11.8 Å². The van der Waals surface area contributed by atoms with E-state index in [1.54, 1.807) is 30.0 Å². The molecular formula is C12H10OS. The third-order valence-electron chi connectivity index (χ3n) is 1.51. The Morgan fingerprint density at radius 3 is 2.71 bits per heavy atom. The zero-order chi connectivity index (χ0) is 10.2. The van der Waals surface area contributed by atoms with Gasteiger partial charge in [0.05, 0.1) is 0 Å². The van der Waals surface area contributed by atoms with Crippen molar-refractivity contribution >= 4 is 17.5 Å². The Morgan fingerprint density at radius 2 is 2.07 bits per heavy atom. The minimum Gasteiger partial charge on any atom is -0.279 e. The molecule has 0 spiro atoms. The van der Waals surface area contributed by atoms with Crippen LogP contribution in [0.25, 0.3) is 0 Å². The largest absolute Gasteiger partial charge is 0.279 e. The summed E-state index contributed by atoms with van der Waals surface area (Å²) in [6.45, 7) is 0. The Hall–Kier alpha value is -1.46. The van der Waals surface area contributed by atoms with E-state index < -0.39 is 0 Å². The molecule has 0 saturated heterocycles. The Kier molecular flexibility index (Phi) is 4.60. The number of hydrogen-bond donors (Lipinski definition) is 0. The molecule has 1 aromatic rings. The molecule has 0 amide bonds. The first-order valence-corrected chi connectivity index (χ1v) is 5.42. The Labute approximate surface area is 88.2 Å². The van der Waals surface area contributed by atoms with Gasteiger partial charge in [0.2, 0.25) is 5.78 Å². The van der Waals surface area contributed by atoms with Crippen LogP contribution in [-0.2, 0) is 0 Å². The van der Waals surface area contributed by atoms with Gasteiger partial charge in [0, 0.05) is 5.56 Å². The molecule has 0 atom stereocenters. The first-order valence-electron chi connectivity index (χ1n) is 4.13. The predicted molar refractivity (Wildman–Crippen MR) is 61.2 cm³/mol. The lowest BCUT2D eigenvalue weighted by molar-refractivity contribution is 0.105. The molecule has 0 N–H and O–H groups in total. The van der Waals surface area contributed by atoms with Gasteiger partial charge < -0.3 is 0 Å². The fraction of sp³-hybridized carbons (Fsp3) is 0.0833. The predicted octanol–water partition coefficient (Wildman–Crippen LogP) is 2.75. The van der Waals surface area contributed by atoms with Crippen LogP contribution in [0.3, 0.4) is 0 Å². The first-order chi connectivity index (χ1) is 6.84. The van der Waals surface area contributed by atoms with E-state index in [9.17, 15) is 4.79 Å². The van der Waals surface area contributed by atoms with E-state index in [2.05, 4.69) is 11.8 Å². The van der Waals surface area contributed by atoms with Crippen molar-refractivity contribution in [2.24, 2.45) is 0 Å². The molecule has 0 aliphatic carbocycles. The van der Waals surface area contributed by atoms with E-state index in [1.807, 2.05) is 29.9 Å². The van der Waals surface area contributed by atoms with E-state index >= 15 is 0 Å². The Morgan fingerprint density at radius 1 is 1.36 bits per heavy atom. The van der Waals surface area contributed by atoms with Gasteiger partial charge in [-0.25, -0.2) is 0 Å². The van der Waals surface area contributed by atoms with Crippen molar-refractivity contribution in [2.75, 3.05) is 6.26 Å². The summed E-state index contributed by atoms with van der Waals surface area (Å²) in [4.78, 5) is 11.4. The number of allylic oxidation sites excluding steroid dienone is 1. The average molecular weight is 202 g/mol. The maximum atomic E-state index is 11.4. The summed E-state index contributed by atoms with van der Waals surface area (Å²) in [5, 5.41) is 1.84. The summed E-state index contributed by atoms with van der Waals surface area (Å²) in [5.74, 6) is 5.09. The number of hydrogen-bond acceptors (Lipinski definition) is 2. The van der Waals surface area contributed by atoms with Crippen LogP contribution in [0.15, 0.2) is 41.8 Å². The highest BCUT2D eigenvalue weighted by Gasteiger charge is 1.97. The lowest BCUT2D eigenvalue weighted by atomic mass is 10.1. The lowest BCUT2D eigenvalue weighted by Gasteiger charge is -1.89. The third-order valence-corrected chi connectivity index (χ3v) is 1.92. The minimum atomic E-state index is -0.142. The fourth-order valence-electron chi connectivity index (χ4n) is 0.871. The van der Waals surface area contributed by atoms with Crippen LogP contribution in [0.5, 0.6) is 0 Å². The molecule has 0 fully saturated rings. The lowest BCUT2D eigenvalue weighted by Crippen LogP contribution is -1.92. The Balaban J connectivity index is 2.67. The van der Waals surface area contributed by atoms with E-state index in [4.69, 9.17) is 0 Å². The molecule has 14 heavy (non-hydrogen) atoms. The van der Waals surface area contributed by atoms with Crippen molar-refractivity contribution in [2.45, 2.75) is 0 Å². The molecule has 70 valence electrons. The van der Waals surface area contributed by atoms with Gasteiger partial charge in [-0.2, -0.15) is 0 Å². The zero-order valence-corrected chi connectivity index (χ0v) is 8.67. The summed E-state index contributed by atoms with van der Waals surface area (Å²) in [6.07, 6.45) is 3.61. The number of ketones is 1. The van der Waals surface area contributed by atoms with Crippen molar-refractivity contribution in [3.8, 4) is 11.8 Å². The molecule has 0 radical (unpaired) electrons. The highest BCUT2D eigenvalue weighted by Crippen LogP contribution is 1.98. The van der Waals surface area contributed by atoms with Gasteiger partial charge in [0.1, 0.15) is 0 Å².